The van der Waals surface area contributed by atoms with Crippen LogP contribution in [0.15, 0.2) is 12.1 Å². The third kappa shape index (κ3) is 4.82. The van der Waals surface area contributed by atoms with E-state index in [9.17, 15) is 4.79 Å². The van der Waals surface area contributed by atoms with Crippen LogP contribution in [0.1, 0.15) is 32.0 Å². The molecule has 0 fully saturated rings. The second-order valence-electron chi connectivity index (χ2n) is 4.79. The number of aliphatic hydroxyl groups excluding tert-OH is 1. The molecule has 0 aliphatic rings. The van der Waals surface area contributed by atoms with Crippen molar-refractivity contribution in [1.82, 2.24) is 4.98 Å². The zero-order valence-corrected chi connectivity index (χ0v) is 10.6. The highest BCUT2D eigenvalue weighted by Gasteiger charge is 2.16. The molecule has 2 N–H and O–H groups in total. The van der Waals surface area contributed by atoms with Gasteiger partial charge in [-0.1, -0.05) is 0 Å². The van der Waals surface area contributed by atoms with Crippen molar-refractivity contribution >= 4 is 11.9 Å². The van der Waals surface area contributed by atoms with E-state index in [4.69, 9.17) is 9.84 Å². The summed E-state index contributed by atoms with van der Waals surface area (Å²) in [6.45, 7) is 7.06. The third-order valence-corrected chi connectivity index (χ3v) is 1.82. The van der Waals surface area contributed by atoms with Gasteiger partial charge in [0, 0.05) is 5.69 Å². The monoisotopic (exact) mass is 238 g/mol. The molecule has 0 bridgehead atoms. The minimum atomic E-state index is -0.556. The number of pyridine rings is 1. The van der Waals surface area contributed by atoms with Crippen LogP contribution in [0.5, 0.6) is 0 Å². The van der Waals surface area contributed by atoms with Crippen molar-refractivity contribution in [2.75, 3.05) is 5.32 Å². The summed E-state index contributed by atoms with van der Waals surface area (Å²) in [6, 6.07) is 3.36. The van der Waals surface area contributed by atoms with Crippen molar-refractivity contribution in [2.45, 2.75) is 39.9 Å². The van der Waals surface area contributed by atoms with Gasteiger partial charge in [0.1, 0.15) is 11.4 Å². The number of carbonyl (C=O) groups is 1. The quantitative estimate of drug-likeness (QED) is 0.828. The molecular formula is C12H18N2O3. The number of aryl methyl sites for hydroxylation is 1. The van der Waals surface area contributed by atoms with E-state index >= 15 is 0 Å². The first-order valence-corrected chi connectivity index (χ1v) is 5.38. The number of rotatable bonds is 2. The number of nitrogens with zero attached hydrogens (tertiary/aromatic N) is 1. The van der Waals surface area contributed by atoms with Crippen molar-refractivity contribution < 1.29 is 14.6 Å². The van der Waals surface area contributed by atoms with Crippen molar-refractivity contribution in [3.8, 4) is 0 Å². The Bertz CT molecular complexity index is 411. The smallest absolute Gasteiger partial charge is 0.413 e. The van der Waals surface area contributed by atoms with Crippen LogP contribution in [0.3, 0.4) is 0 Å². The molecule has 94 valence electrons. The van der Waals surface area contributed by atoms with Crippen LogP contribution in [-0.4, -0.2) is 21.8 Å². The molecule has 0 radical (unpaired) electrons. The molecule has 1 aromatic rings. The van der Waals surface area contributed by atoms with Gasteiger partial charge in [0.25, 0.3) is 0 Å². The van der Waals surface area contributed by atoms with E-state index in [0.717, 1.165) is 5.69 Å². The Balaban J connectivity index is 2.74. The minimum absolute atomic E-state index is 0.0909. The molecule has 1 aromatic heterocycles. The molecular weight excluding hydrogens is 220 g/mol. The maximum atomic E-state index is 11.5. The van der Waals surface area contributed by atoms with E-state index in [1.165, 1.54) is 0 Å². The van der Waals surface area contributed by atoms with Gasteiger partial charge in [-0.15, -0.1) is 0 Å². The van der Waals surface area contributed by atoms with Gasteiger partial charge in [-0.3, -0.25) is 5.32 Å². The molecule has 0 aliphatic heterocycles. The van der Waals surface area contributed by atoms with Gasteiger partial charge in [-0.05, 0) is 45.4 Å². The van der Waals surface area contributed by atoms with E-state index < -0.39 is 11.7 Å². The second kappa shape index (κ2) is 5.14. The van der Waals surface area contributed by atoms with E-state index in [2.05, 4.69) is 10.3 Å². The Labute approximate surface area is 101 Å². The van der Waals surface area contributed by atoms with Crippen LogP contribution >= 0.6 is 0 Å². The Kier molecular flexibility index (Phi) is 4.07. The molecule has 0 saturated carbocycles. The lowest BCUT2D eigenvalue weighted by molar-refractivity contribution is 0.0635. The van der Waals surface area contributed by atoms with Crippen LogP contribution in [0, 0.1) is 6.92 Å². The normalized spacial score (nSPS) is 11.1. The van der Waals surface area contributed by atoms with Crippen molar-refractivity contribution in [3.63, 3.8) is 0 Å². The van der Waals surface area contributed by atoms with E-state index in [-0.39, 0.29) is 6.61 Å². The molecule has 1 heterocycles. The summed E-state index contributed by atoms with van der Waals surface area (Å²) in [4.78, 5) is 15.6. The van der Waals surface area contributed by atoms with Gasteiger partial charge >= 0.3 is 6.09 Å². The number of hydrogen-bond donors (Lipinski definition) is 2. The molecule has 5 nitrogen and oxygen atoms in total. The Morgan fingerprint density at radius 3 is 2.65 bits per heavy atom. The highest BCUT2D eigenvalue weighted by Crippen LogP contribution is 2.13. The highest BCUT2D eigenvalue weighted by atomic mass is 16.6. The largest absolute Gasteiger partial charge is 0.444 e. The first-order chi connectivity index (χ1) is 7.80. The number of aliphatic hydroxyl groups is 1. The first-order valence-electron chi connectivity index (χ1n) is 5.38. The molecule has 0 aromatic carbocycles. The number of amides is 1. The van der Waals surface area contributed by atoms with Gasteiger partial charge < -0.3 is 9.84 Å². The molecule has 1 rings (SSSR count). The fraction of sp³-hybridized carbons (Fsp3) is 0.500. The Morgan fingerprint density at radius 2 is 2.12 bits per heavy atom. The SMILES string of the molecule is Cc1cc(CO)cc(NC(=O)OC(C)(C)C)n1. The fourth-order valence-corrected chi connectivity index (χ4v) is 1.30. The van der Waals surface area contributed by atoms with E-state index in [1.807, 2.05) is 0 Å². The van der Waals surface area contributed by atoms with Gasteiger partial charge in [0.2, 0.25) is 0 Å². The average molecular weight is 238 g/mol. The van der Waals surface area contributed by atoms with Crippen LogP contribution < -0.4 is 5.32 Å². The topological polar surface area (TPSA) is 71.5 Å². The van der Waals surface area contributed by atoms with Crippen molar-refractivity contribution in [3.05, 3.63) is 23.4 Å². The molecule has 5 heteroatoms. The van der Waals surface area contributed by atoms with E-state index in [0.29, 0.717) is 11.4 Å². The van der Waals surface area contributed by atoms with Crippen LogP contribution in [0.25, 0.3) is 0 Å². The average Bonchev–Trinajstić information content (AvgIpc) is 2.13. The Morgan fingerprint density at radius 1 is 1.47 bits per heavy atom. The predicted octanol–water partition coefficient (Wildman–Crippen LogP) is 2.23. The third-order valence-electron chi connectivity index (χ3n) is 1.82. The predicted molar refractivity (Wildman–Crippen MR) is 64.8 cm³/mol. The highest BCUT2D eigenvalue weighted by molar-refractivity contribution is 5.83. The summed E-state index contributed by atoms with van der Waals surface area (Å²) in [7, 11) is 0. The van der Waals surface area contributed by atoms with Crippen LogP contribution in [0.4, 0.5) is 10.6 Å². The van der Waals surface area contributed by atoms with Gasteiger partial charge in [0.05, 0.1) is 6.61 Å². The minimum Gasteiger partial charge on any atom is -0.444 e. The Hall–Kier alpha value is -1.62. The molecule has 0 atom stereocenters. The zero-order chi connectivity index (χ0) is 13.1. The molecule has 0 spiro atoms. The standard InChI is InChI=1S/C12H18N2O3/c1-8-5-9(7-15)6-10(13-8)14-11(16)17-12(2,3)4/h5-6,15H,7H2,1-4H3,(H,13,14,16). The molecule has 1 amide bonds. The lowest BCUT2D eigenvalue weighted by atomic mass is 10.2. The van der Waals surface area contributed by atoms with Gasteiger partial charge in [-0.25, -0.2) is 9.78 Å². The summed E-state index contributed by atoms with van der Waals surface area (Å²) < 4.78 is 5.10. The summed E-state index contributed by atoms with van der Waals surface area (Å²) in [5, 5.41) is 11.6. The fourth-order valence-electron chi connectivity index (χ4n) is 1.30. The van der Waals surface area contributed by atoms with Crippen molar-refractivity contribution in [1.29, 1.82) is 0 Å². The van der Waals surface area contributed by atoms with Gasteiger partial charge in [-0.2, -0.15) is 0 Å². The number of ether oxygens (including phenoxy) is 1. The zero-order valence-electron chi connectivity index (χ0n) is 10.6. The number of carbonyl (C=O) groups excluding carboxylic acids is 1. The van der Waals surface area contributed by atoms with Crippen LogP contribution in [0.2, 0.25) is 0 Å². The number of anilines is 1. The molecule has 0 unspecified atom stereocenters. The van der Waals surface area contributed by atoms with Crippen LogP contribution in [-0.2, 0) is 11.3 Å². The van der Waals surface area contributed by atoms with E-state index in [1.54, 1.807) is 39.8 Å². The number of hydrogen-bond acceptors (Lipinski definition) is 4. The maximum Gasteiger partial charge on any atom is 0.413 e. The van der Waals surface area contributed by atoms with Gasteiger partial charge in [0.15, 0.2) is 0 Å². The molecule has 0 saturated heterocycles. The summed E-state index contributed by atoms with van der Waals surface area (Å²) in [5.74, 6) is 0.378. The summed E-state index contributed by atoms with van der Waals surface area (Å²) in [6.07, 6.45) is -0.556. The summed E-state index contributed by atoms with van der Waals surface area (Å²) >= 11 is 0. The lowest BCUT2D eigenvalue weighted by Crippen LogP contribution is -2.27. The first kappa shape index (κ1) is 13.4. The summed E-state index contributed by atoms with van der Waals surface area (Å²) in [5.41, 5.74) is 0.874. The molecule has 17 heavy (non-hydrogen) atoms. The molecule has 0 aliphatic carbocycles. The number of nitrogens with one attached hydrogen (secondary N) is 1. The lowest BCUT2D eigenvalue weighted by Gasteiger charge is -2.19. The second-order valence-corrected chi connectivity index (χ2v) is 4.79. The number of aromatic nitrogens is 1. The maximum absolute atomic E-state index is 11.5. The van der Waals surface area contributed by atoms with Crippen molar-refractivity contribution in [2.24, 2.45) is 0 Å².